The van der Waals surface area contributed by atoms with Crippen molar-refractivity contribution in [2.75, 3.05) is 6.61 Å². The van der Waals surface area contributed by atoms with Gasteiger partial charge in [0.05, 0.1) is 6.61 Å². The first-order chi connectivity index (χ1) is 9.13. The Kier molecular flexibility index (Phi) is 6.58. The van der Waals surface area contributed by atoms with Crippen LogP contribution in [-0.4, -0.2) is 18.4 Å². The van der Waals surface area contributed by atoms with Crippen LogP contribution >= 0.6 is 0 Å². The van der Waals surface area contributed by atoms with E-state index in [9.17, 15) is 9.59 Å². The van der Waals surface area contributed by atoms with Crippen molar-refractivity contribution in [1.29, 1.82) is 0 Å². The van der Waals surface area contributed by atoms with Crippen LogP contribution in [0.4, 0.5) is 0 Å². The molecule has 0 atom stereocenters. The molecule has 0 spiro atoms. The molecule has 0 N–H and O–H groups in total. The zero-order chi connectivity index (χ0) is 14.1. The van der Waals surface area contributed by atoms with Gasteiger partial charge < -0.3 is 9.53 Å². The molecule has 0 saturated carbocycles. The van der Waals surface area contributed by atoms with Crippen molar-refractivity contribution in [3.8, 4) is 0 Å². The number of rotatable bonds is 7. The smallest absolute Gasteiger partial charge is 0.330 e. The number of carbonyl (C=O) groups excluding carboxylic acids is 2. The molecule has 1 aromatic rings. The number of carbonyl (C=O) groups is 2. The molecule has 0 radical (unpaired) electrons. The zero-order valence-corrected chi connectivity index (χ0v) is 11.5. The van der Waals surface area contributed by atoms with Gasteiger partial charge in [-0.3, -0.25) is 0 Å². The lowest BCUT2D eigenvalue weighted by molar-refractivity contribution is -0.137. The minimum Gasteiger partial charge on any atom is -0.463 e. The SMILES string of the molecule is CCOC(=O)/C=C/c1ccccc1CCCC(C)=O. The van der Waals surface area contributed by atoms with E-state index in [1.807, 2.05) is 24.3 Å². The Morgan fingerprint density at radius 1 is 1.26 bits per heavy atom. The normalized spacial score (nSPS) is 10.6. The Morgan fingerprint density at radius 2 is 2.00 bits per heavy atom. The molecule has 1 aromatic carbocycles. The van der Waals surface area contributed by atoms with E-state index in [1.165, 1.54) is 6.08 Å². The lowest BCUT2D eigenvalue weighted by atomic mass is 10.0. The van der Waals surface area contributed by atoms with Gasteiger partial charge in [0.15, 0.2) is 0 Å². The van der Waals surface area contributed by atoms with Crippen molar-refractivity contribution in [3.63, 3.8) is 0 Å². The van der Waals surface area contributed by atoms with Gasteiger partial charge in [-0.2, -0.15) is 0 Å². The summed E-state index contributed by atoms with van der Waals surface area (Å²) in [6.07, 6.45) is 5.47. The highest BCUT2D eigenvalue weighted by molar-refractivity contribution is 5.87. The molecule has 0 aliphatic heterocycles. The van der Waals surface area contributed by atoms with Crippen LogP contribution in [0.2, 0.25) is 0 Å². The van der Waals surface area contributed by atoms with Gasteiger partial charge in [0.1, 0.15) is 5.78 Å². The third-order valence-electron chi connectivity index (χ3n) is 2.72. The van der Waals surface area contributed by atoms with Gasteiger partial charge in [-0.15, -0.1) is 0 Å². The monoisotopic (exact) mass is 260 g/mol. The largest absolute Gasteiger partial charge is 0.463 e. The molecule has 0 bridgehead atoms. The Balaban J connectivity index is 2.67. The van der Waals surface area contributed by atoms with Gasteiger partial charge in [-0.1, -0.05) is 24.3 Å². The first-order valence-electron chi connectivity index (χ1n) is 6.55. The highest BCUT2D eigenvalue weighted by Gasteiger charge is 2.01. The fourth-order valence-corrected chi connectivity index (χ4v) is 1.80. The van der Waals surface area contributed by atoms with Gasteiger partial charge in [0, 0.05) is 12.5 Å². The molecule has 1 rings (SSSR count). The summed E-state index contributed by atoms with van der Waals surface area (Å²) in [5.74, 6) is -0.124. The van der Waals surface area contributed by atoms with Crippen LogP contribution in [0.15, 0.2) is 30.3 Å². The third-order valence-corrected chi connectivity index (χ3v) is 2.72. The van der Waals surface area contributed by atoms with Crippen LogP contribution in [0.1, 0.15) is 37.8 Å². The number of ketones is 1. The van der Waals surface area contributed by atoms with Gasteiger partial charge in [0.25, 0.3) is 0 Å². The summed E-state index contributed by atoms with van der Waals surface area (Å²) in [6.45, 7) is 3.76. The second-order valence-electron chi connectivity index (χ2n) is 4.34. The maximum atomic E-state index is 11.3. The number of ether oxygens (including phenoxy) is 1. The average molecular weight is 260 g/mol. The minimum absolute atomic E-state index is 0.208. The maximum Gasteiger partial charge on any atom is 0.330 e. The van der Waals surface area contributed by atoms with Crippen LogP contribution in [0.25, 0.3) is 6.08 Å². The van der Waals surface area contributed by atoms with Gasteiger partial charge in [0.2, 0.25) is 0 Å². The Labute approximate surface area is 114 Å². The van der Waals surface area contributed by atoms with Gasteiger partial charge >= 0.3 is 5.97 Å². The molecule has 0 saturated heterocycles. The molecule has 0 aliphatic rings. The fraction of sp³-hybridized carbons (Fsp3) is 0.375. The number of benzene rings is 1. The van der Waals surface area contributed by atoms with E-state index in [0.717, 1.165) is 24.0 Å². The highest BCUT2D eigenvalue weighted by Crippen LogP contribution is 2.14. The summed E-state index contributed by atoms with van der Waals surface area (Å²) in [4.78, 5) is 22.2. The molecular formula is C16H20O3. The number of Topliss-reactive ketones (excluding diaryl/α,β-unsaturated/α-hetero) is 1. The number of hydrogen-bond donors (Lipinski definition) is 0. The van der Waals surface area contributed by atoms with E-state index in [4.69, 9.17) is 4.74 Å². The molecule has 3 heteroatoms. The van der Waals surface area contributed by atoms with Crippen LogP contribution in [0, 0.1) is 0 Å². The highest BCUT2D eigenvalue weighted by atomic mass is 16.5. The third kappa shape index (κ3) is 6.00. The minimum atomic E-state index is -0.332. The predicted molar refractivity (Wildman–Crippen MR) is 75.7 cm³/mol. The molecule has 0 fully saturated rings. The van der Waals surface area contributed by atoms with E-state index in [-0.39, 0.29) is 11.8 Å². The summed E-state index contributed by atoms with van der Waals surface area (Å²) in [7, 11) is 0. The van der Waals surface area contributed by atoms with Crippen LogP contribution in [0.3, 0.4) is 0 Å². The second kappa shape index (κ2) is 8.25. The van der Waals surface area contributed by atoms with Crippen molar-refractivity contribution in [2.45, 2.75) is 33.1 Å². The topological polar surface area (TPSA) is 43.4 Å². The first kappa shape index (κ1) is 15.2. The Bertz CT molecular complexity index is 461. The van der Waals surface area contributed by atoms with Crippen molar-refractivity contribution >= 4 is 17.8 Å². The van der Waals surface area contributed by atoms with E-state index in [1.54, 1.807) is 19.9 Å². The van der Waals surface area contributed by atoms with Crippen molar-refractivity contribution in [1.82, 2.24) is 0 Å². The lowest BCUT2D eigenvalue weighted by Crippen LogP contribution is -1.99. The van der Waals surface area contributed by atoms with Gasteiger partial charge in [-0.05, 0) is 43.9 Å². The summed E-state index contributed by atoms with van der Waals surface area (Å²) in [5, 5.41) is 0. The maximum absolute atomic E-state index is 11.3. The van der Waals surface area contributed by atoms with Gasteiger partial charge in [-0.25, -0.2) is 4.79 Å². The Morgan fingerprint density at radius 3 is 2.68 bits per heavy atom. The quantitative estimate of drug-likeness (QED) is 0.558. The van der Waals surface area contributed by atoms with E-state index in [0.29, 0.717) is 13.0 Å². The fourth-order valence-electron chi connectivity index (χ4n) is 1.80. The zero-order valence-electron chi connectivity index (χ0n) is 11.5. The predicted octanol–water partition coefficient (Wildman–Crippen LogP) is 3.17. The number of hydrogen-bond acceptors (Lipinski definition) is 3. The van der Waals surface area contributed by atoms with Crippen molar-refractivity contribution < 1.29 is 14.3 Å². The summed E-state index contributed by atoms with van der Waals surface area (Å²) < 4.78 is 4.85. The molecule has 0 amide bonds. The second-order valence-corrected chi connectivity index (χ2v) is 4.34. The van der Waals surface area contributed by atoms with Crippen molar-refractivity contribution in [2.24, 2.45) is 0 Å². The average Bonchev–Trinajstić information content (AvgIpc) is 2.37. The molecule has 0 unspecified atom stereocenters. The van der Waals surface area contributed by atoms with Crippen LogP contribution in [-0.2, 0) is 20.7 Å². The van der Waals surface area contributed by atoms with E-state index >= 15 is 0 Å². The number of esters is 1. The lowest BCUT2D eigenvalue weighted by Gasteiger charge is -2.05. The first-order valence-corrected chi connectivity index (χ1v) is 6.55. The molecule has 0 aliphatic carbocycles. The standard InChI is InChI=1S/C16H20O3/c1-3-19-16(18)12-11-15-9-5-4-8-14(15)10-6-7-13(2)17/h4-5,8-9,11-12H,3,6-7,10H2,1-2H3/b12-11+. The molecule has 102 valence electrons. The molecule has 0 aromatic heterocycles. The molecule has 19 heavy (non-hydrogen) atoms. The summed E-state index contributed by atoms with van der Waals surface area (Å²) in [6, 6.07) is 7.87. The van der Waals surface area contributed by atoms with Crippen LogP contribution in [0.5, 0.6) is 0 Å². The van der Waals surface area contributed by atoms with Crippen LogP contribution < -0.4 is 0 Å². The Hall–Kier alpha value is -1.90. The molecular weight excluding hydrogens is 240 g/mol. The molecule has 3 nitrogen and oxygen atoms in total. The number of aryl methyl sites for hydroxylation is 1. The summed E-state index contributed by atoms with van der Waals surface area (Å²) in [5.41, 5.74) is 2.14. The van der Waals surface area contributed by atoms with E-state index in [2.05, 4.69) is 0 Å². The molecule has 0 heterocycles. The van der Waals surface area contributed by atoms with Crippen molar-refractivity contribution in [3.05, 3.63) is 41.5 Å². The summed E-state index contributed by atoms with van der Waals surface area (Å²) >= 11 is 0. The van der Waals surface area contributed by atoms with E-state index < -0.39 is 0 Å².